The number of para-hydroxylation sites is 1. The largest absolute Gasteiger partial charge is 0.354 e. The van der Waals surface area contributed by atoms with Gasteiger partial charge in [0.1, 0.15) is 6.04 Å². The molecular weight excluding hydrogens is 462 g/mol. The number of carbonyl (C=O) groups is 2. The Balaban J connectivity index is 1.70. The zero-order chi connectivity index (χ0) is 24.2. The van der Waals surface area contributed by atoms with E-state index in [9.17, 15) is 9.59 Å². The van der Waals surface area contributed by atoms with Crippen molar-refractivity contribution in [2.45, 2.75) is 42.7 Å². The fourth-order valence-electron chi connectivity index (χ4n) is 4.50. The lowest BCUT2D eigenvalue weighted by atomic mass is 10.0. The van der Waals surface area contributed by atoms with Crippen molar-refractivity contribution in [3.63, 3.8) is 0 Å². The number of rotatable bonds is 8. The molecule has 1 atom stereocenters. The number of fused-ring (bicyclic) bond motifs is 3. The van der Waals surface area contributed by atoms with Crippen molar-refractivity contribution >= 4 is 46.2 Å². The van der Waals surface area contributed by atoms with Crippen LogP contribution in [-0.4, -0.2) is 46.4 Å². The Morgan fingerprint density at radius 3 is 2.62 bits per heavy atom. The van der Waals surface area contributed by atoms with E-state index in [0.29, 0.717) is 31.2 Å². The fourth-order valence-corrected chi connectivity index (χ4v) is 6.00. The van der Waals surface area contributed by atoms with Crippen molar-refractivity contribution in [3.8, 4) is 0 Å². The Morgan fingerprint density at radius 2 is 1.91 bits per heavy atom. The maximum absolute atomic E-state index is 13.7. The van der Waals surface area contributed by atoms with E-state index < -0.39 is 6.04 Å². The van der Waals surface area contributed by atoms with E-state index in [2.05, 4.69) is 66.4 Å². The zero-order valence-electron chi connectivity index (χ0n) is 20.3. The van der Waals surface area contributed by atoms with Gasteiger partial charge in [-0.05, 0) is 48.8 Å². The number of hydrogen-bond donors (Lipinski definition) is 1. The molecule has 0 bridgehead atoms. The van der Waals surface area contributed by atoms with Crippen LogP contribution in [0.5, 0.6) is 0 Å². The average molecular weight is 496 g/mol. The molecule has 0 saturated carbocycles. The molecule has 1 aromatic heterocycles. The van der Waals surface area contributed by atoms with Gasteiger partial charge in [0.05, 0.1) is 10.8 Å². The molecule has 1 unspecified atom stereocenters. The molecular formula is C27H33N3O2S2. The minimum absolute atomic E-state index is 0.00928. The highest BCUT2D eigenvalue weighted by molar-refractivity contribution is 8.00. The van der Waals surface area contributed by atoms with Gasteiger partial charge < -0.3 is 14.8 Å². The number of carbonyl (C=O) groups excluding carboxylic acids is 2. The molecule has 0 fully saturated rings. The van der Waals surface area contributed by atoms with Crippen LogP contribution in [0.15, 0.2) is 58.5 Å². The number of benzene rings is 2. The van der Waals surface area contributed by atoms with E-state index in [1.165, 1.54) is 22.2 Å². The van der Waals surface area contributed by atoms with Crippen molar-refractivity contribution in [2.24, 2.45) is 13.0 Å². The lowest BCUT2D eigenvalue weighted by Gasteiger charge is -2.30. The summed E-state index contributed by atoms with van der Waals surface area (Å²) >= 11 is 3.25. The normalized spacial score (nSPS) is 16.1. The lowest BCUT2D eigenvalue weighted by molar-refractivity contribution is -0.138. The Kier molecular flexibility index (Phi) is 7.94. The molecule has 180 valence electrons. The third-order valence-corrected chi connectivity index (χ3v) is 8.30. The number of amides is 2. The lowest BCUT2D eigenvalue weighted by Crippen LogP contribution is -2.45. The average Bonchev–Trinajstić information content (AvgIpc) is 3.01. The molecule has 34 heavy (non-hydrogen) atoms. The summed E-state index contributed by atoms with van der Waals surface area (Å²) in [5.74, 6) is 0.750. The highest BCUT2D eigenvalue weighted by Gasteiger charge is 2.38. The minimum atomic E-state index is -0.638. The van der Waals surface area contributed by atoms with Gasteiger partial charge in [-0.15, -0.1) is 11.8 Å². The van der Waals surface area contributed by atoms with Crippen LogP contribution in [0, 0.1) is 5.92 Å². The fraction of sp³-hybridized carbons (Fsp3) is 0.407. The Morgan fingerprint density at radius 1 is 1.18 bits per heavy atom. The van der Waals surface area contributed by atoms with Gasteiger partial charge in [-0.1, -0.05) is 55.9 Å². The number of nitrogens with zero attached hydrogens (tertiary/aromatic N) is 2. The van der Waals surface area contributed by atoms with Crippen molar-refractivity contribution in [2.75, 3.05) is 25.1 Å². The van der Waals surface area contributed by atoms with Gasteiger partial charge in [0.2, 0.25) is 11.8 Å². The van der Waals surface area contributed by atoms with E-state index in [4.69, 9.17) is 0 Å². The van der Waals surface area contributed by atoms with Crippen LogP contribution in [0.3, 0.4) is 0 Å². The molecule has 2 heterocycles. The molecule has 4 rings (SSSR count). The molecule has 0 saturated heterocycles. The molecule has 2 amide bonds. The first kappa shape index (κ1) is 24.7. The summed E-state index contributed by atoms with van der Waals surface area (Å²) in [5, 5.41) is 5.18. The Hall–Kier alpha value is -2.38. The smallest absolute Gasteiger partial charge is 0.247 e. The number of aryl methyl sites for hydroxylation is 1. The summed E-state index contributed by atoms with van der Waals surface area (Å²) in [6.07, 6.45) is 3.68. The van der Waals surface area contributed by atoms with E-state index in [1.54, 1.807) is 16.7 Å². The van der Waals surface area contributed by atoms with Crippen LogP contribution in [0.2, 0.25) is 0 Å². The summed E-state index contributed by atoms with van der Waals surface area (Å²) in [5.41, 5.74) is 3.20. The van der Waals surface area contributed by atoms with Crippen molar-refractivity contribution in [1.29, 1.82) is 0 Å². The number of hydrogen-bond acceptors (Lipinski definition) is 4. The van der Waals surface area contributed by atoms with Gasteiger partial charge in [-0.2, -0.15) is 0 Å². The third-order valence-electron chi connectivity index (χ3n) is 6.40. The maximum Gasteiger partial charge on any atom is 0.247 e. The van der Waals surface area contributed by atoms with Gasteiger partial charge in [-0.25, -0.2) is 0 Å². The summed E-state index contributed by atoms with van der Waals surface area (Å²) < 4.78 is 2.13. The summed E-state index contributed by atoms with van der Waals surface area (Å²) in [6, 6.07) is 16.0. The van der Waals surface area contributed by atoms with E-state index in [0.717, 1.165) is 27.9 Å². The van der Waals surface area contributed by atoms with E-state index in [1.807, 2.05) is 19.2 Å². The minimum Gasteiger partial charge on any atom is -0.354 e. The highest BCUT2D eigenvalue weighted by Crippen LogP contribution is 2.41. The van der Waals surface area contributed by atoms with Crippen LogP contribution in [0.4, 0.5) is 0 Å². The quantitative estimate of drug-likeness (QED) is 0.432. The molecule has 2 aromatic carbocycles. The SMILES string of the molecule is CSc1ccc(CCN2C(=O)CSc3c(c4ccccc4n3C)C2C(=O)NCCC(C)C)cc1. The standard InChI is InChI=1S/C27H33N3O2S2/c1-18(2)13-15-28-26(32)25-24-21-7-5-6-8-22(21)29(3)27(24)34-17-23(31)30(25)16-14-19-9-11-20(33-4)12-10-19/h5-12,18,25H,13-17H2,1-4H3,(H,28,32). The Labute approximate surface area is 210 Å². The van der Waals surface area contributed by atoms with Crippen molar-refractivity contribution in [3.05, 3.63) is 59.7 Å². The summed E-state index contributed by atoms with van der Waals surface area (Å²) in [7, 11) is 2.02. The Bertz CT molecular complexity index is 1170. The van der Waals surface area contributed by atoms with Gasteiger partial charge in [0.15, 0.2) is 0 Å². The van der Waals surface area contributed by atoms with Crippen LogP contribution in [0.1, 0.15) is 37.4 Å². The molecule has 0 radical (unpaired) electrons. The van der Waals surface area contributed by atoms with Gasteiger partial charge in [0.25, 0.3) is 0 Å². The van der Waals surface area contributed by atoms with Gasteiger partial charge >= 0.3 is 0 Å². The van der Waals surface area contributed by atoms with Crippen LogP contribution in [0.25, 0.3) is 10.9 Å². The number of aromatic nitrogens is 1. The molecule has 7 heteroatoms. The predicted molar refractivity (Wildman–Crippen MR) is 142 cm³/mol. The maximum atomic E-state index is 13.7. The molecule has 5 nitrogen and oxygen atoms in total. The molecule has 1 N–H and O–H groups in total. The summed E-state index contributed by atoms with van der Waals surface area (Å²) in [6.45, 7) is 5.41. The first-order chi connectivity index (χ1) is 16.4. The summed E-state index contributed by atoms with van der Waals surface area (Å²) in [4.78, 5) is 30.1. The first-order valence-corrected chi connectivity index (χ1v) is 14.0. The number of thioether (sulfide) groups is 2. The highest BCUT2D eigenvalue weighted by atomic mass is 32.2. The van der Waals surface area contributed by atoms with E-state index >= 15 is 0 Å². The zero-order valence-corrected chi connectivity index (χ0v) is 22.0. The molecule has 0 spiro atoms. The van der Waals surface area contributed by atoms with Crippen molar-refractivity contribution < 1.29 is 9.59 Å². The third kappa shape index (κ3) is 5.15. The molecule has 3 aromatic rings. The second-order valence-corrected chi connectivity index (χ2v) is 11.0. The van der Waals surface area contributed by atoms with E-state index in [-0.39, 0.29) is 11.8 Å². The molecule has 0 aliphatic carbocycles. The monoisotopic (exact) mass is 495 g/mol. The second-order valence-electron chi connectivity index (χ2n) is 9.14. The first-order valence-electron chi connectivity index (χ1n) is 11.8. The van der Waals surface area contributed by atoms with Crippen LogP contribution >= 0.6 is 23.5 Å². The second kappa shape index (κ2) is 10.9. The van der Waals surface area contributed by atoms with Crippen LogP contribution in [-0.2, 0) is 23.1 Å². The van der Waals surface area contributed by atoms with Gasteiger partial charge in [0, 0.05) is 41.5 Å². The molecule has 1 aliphatic rings. The van der Waals surface area contributed by atoms with Gasteiger partial charge in [-0.3, -0.25) is 9.59 Å². The van der Waals surface area contributed by atoms with Crippen LogP contribution < -0.4 is 5.32 Å². The topological polar surface area (TPSA) is 54.3 Å². The predicted octanol–water partition coefficient (Wildman–Crippen LogP) is 5.28. The number of nitrogens with one attached hydrogen (secondary N) is 1. The molecule has 1 aliphatic heterocycles. The van der Waals surface area contributed by atoms with Crippen molar-refractivity contribution in [1.82, 2.24) is 14.8 Å².